The van der Waals surface area contributed by atoms with Gasteiger partial charge >= 0.3 is 0 Å². The summed E-state index contributed by atoms with van der Waals surface area (Å²) in [6, 6.07) is 0. The van der Waals surface area contributed by atoms with Gasteiger partial charge in [0.15, 0.2) is 0 Å². The highest BCUT2D eigenvalue weighted by atomic mass is 32.2. The maximum atomic E-state index is 5.85. The molecule has 1 saturated heterocycles. The standard InChI is InChI=1S/C11H20OS/c1-8-4-5-9-10(6-8)12-7-13-11(9,2)3/h8-10H,4-7H2,1-3H3/t8?,9-,10-/m1/s1. The van der Waals surface area contributed by atoms with E-state index in [2.05, 4.69) is 20.8 Å². The molecule has 13 heavy (non-hydrogen) atoms. The predicted molar refractivity (Wildman–Crippen MR) is 57.9 cm³/mol. The molecule has 1 saturated carbocycles. The van der Waals surface area contributed by atoms with Gasteiger partial charge in [-0.1, -0.05) is 27.2 Å². The maximum Gasteiger partial charge on any atom is 0.0930 e. The van der Waals surface area contributed by atoms with Gasteiger partial charge in [0.2, 0.25) is 0 Å². The van der Waals surface area contributed by atoms with E-state index in [1.807, 2.05) is 11.8 Å². The van der Waals surface area contributed by atoms with Gasteiger partial charge in [0.1, 0.15) is 0 Å². The van der Waals surface area contributed by atoms with E-state index in [9.17, 15) is 0 Å². The van der Waals surface area contributed by atoms with Gasteiger partial charge in [0.05, 0.1) is 12.0 Å². The number of rotatable bonds is 0. The Hall–Kier alpha value is 0.310. The molecule has 76 valence electrons. The predicted octanol–water partition coefficient (Wildman–Crippen LogP) is 3.29. The van der Waals surface area contributed by atoms with Crippen molar-refractivity contribution in [1.82, 2.24) is 0 Å². The molecule has 1 nitrogen and oxygen atoms in total. The molecule has 1 heterocycles. The zero-order valence-electron chi connectivity index (χ0n) is 8.88. The van der Waals surface area contributed by atoms with Crippen LogP contribution in [-0.4, -0.2) is 16.8 Å². The lowest BCUT2D eigenvalue weighted by Gasteiger charge is -2.47. The van der Waals surface area contributed by atoms with Crippen LogP contribution in [-0.2, 0) is 4.74 Å². The van der Waals surface area contributed by atoms with Gasteiger partial charge in [0, 0.05) is 4.75 Å². The Bertz CT molecular complexity index is 191. The van der Waals surface area contributed by atoms with Crippen molar-refractivity contribution >= 4 is 11.8 Å². The normalized spacial score (nSPS) is 44.1. The topological polar surface area (TPSA) is 9.23 Å². The fourth-order valence-corrected chi connectivity index (χ4v) is 3.72. The minimum absolute atomic E-state index is 0.447. The lowest BCUT2D eigenvalue weighted by Crippen LogP contribution is -2.46. The van der Waals surface area contributed by atoms with Crippen LogP contribution in [0.5, 0.6) is 0 Å². The Kier molecular flexibility index (Phi) is 2.63. The number of ether oxygens (including phenoxy) is 1. The number of hydrogen-bond donors (Lipinski definition) is 0. The molecule has 2 heteroatoms. The van der Waals surface area contributed by atoms with Crippen LogP contribution in [0.2, 0.25) is 0 Å². The van der Waals surface area contributed by atoms with Gasteiger partial charge in [0.25, 0.3) is 0 Å². The van der Waals surface area contributed by atoms with Gasteiger partial charge in [-0.3, -0.25) is 0 Å². The first kappa shape index (κ1) is 9.85. The zero-order chi connectivity index (χ0) is 9.47. The first-order valence-corrected chi connectivity index (χ1v) is 6.34. The molecular formula is C11H20OS. The Balaban J connectivity index is 2.08. The number of thioether (sulfide) groups is 1. The van der Waals surface area contributed by atoms with Crippen molar-refractivity contribution in [3.8, 4) is 0 Å². The highest BCUT2D eigenvalue weighted by Gasteiger charge is 2.42. The fraction of sp³-hybridized carbons (Fsp3) is 1.00. The Morgan fingerprint density at radius 1 is 1.31 bits per heavy atom. The van der Waals surface area contributed by atoms with Crippen LogP contribution in [0.4, 0.5) is 0 Å². The summed E-state index contributed by atoms with van der Waals surface area (Å²) in [5.41, 5.74) is 0. The van der Waals surface area contributed by atoms with E-state index in [1.165, 1.54) is 19.3 Å². The van der Waals surface area contributed by atoms with Crippen molar-refractivity contribution in [2.24, 2.45) is 11.8 Å². The Morgan fingerprint density at radius 3 is 2.85 bits per heavy atom. The molecule has 0 bridgehead atoms. The van der Waals surface area contributed by atoms with Crippen LogP contribution in [0.1, 0.15) is 40.0 Å². The highest BCUT2D eigenvalue weighted by molar-refractivity contribution is 8.00. The van der Waals surface area contributed by atoms with E-state index in [0.717, 1.165) is 17.8 Å². The van der Waals surface area contributed by atoms with Crippen molar-refractivity contribution in [3.63, 3.8) is 0 Å². The minimum atomic E-state index is 0.447. The average molecular weight is 200 g/mol. The third kappa shape index (κ3) is 1.89. The fourth-order valence-electron chi connectivity index (χ4n) is 2.69. The molecule has 0 radical (unpaired) electrons. The van der Waals surface area contributed by atoms with Gasteiger partial charge < -0.3 is 4.74 Å². The lowest BCUT2D eigenvalue weighted by molar-refractivity contribution is -0.0224. The largest absolute Gasteiger partial charge is 0.367 e. The molecule has 1 aliphatic heterocycles. The third-order valence-corrected chi connectivity index (χ3v) is 4.96. The maximum absolute atomic E-state index is 5.85. The summed E-state index contributed by atoms with van der Waals surface area (Å²) < 4.78 is 6.30. The van der Waals surface area contributed by atoms with Crippen molar-refractivity contribution in [3.05, 3.63) is 0 Å². The summed E-state index contributed by atoms with van der Waals surface area (Å²) in [5.74, 6) is 2.57. The van der Waals surface area contributed by atoms with Crippen LogP contribution >= 0.6 is 11.8 Å². The van der Waals surface area contributed by atoms with E-state index in [4.69, 9.17) is 4.74 Å². The number of fused-ring (bicyclic) bond motifs is 1. The van der Waals surface area contributed by atoms with Gasteiger partial charge in [-0.15, -0.1) is 11.8 Å². The summed E-state index contributed by atoms with van der Waals surface area (Å²) in [5, 5.41) is 0. The van der Waals surface area contributed by atoms with Crippen LogP contribution in [0.15, 0.2) is 0 Å². The molecule has 1 aliphatic carbocycles. The molecule has 2 rings (SSSR count). The molecule has 3 atom stereocenters. The van der Waals surface area contributed by atoms with Crippen molar-refractivity contribution in [2.45, 2.75) is 50.9 Å². The lowest BCUT2D eigenvalue weighted by atomic mass is 9.75. The van der Waals surface area contributed by atoms with Crippen LogP contribution in [0.25, 0.3) is 0 Å². The van der Waals surface area contributed by atoms with E-state index in [1.54, 1.807) is 0 Å². The number of hydrogen-bond acceptors (Lipinski definition) is 2. The van der Waals surface area contributed by atoms with Gasteiger partial charge in [-0.05, 0) is 24.7 Å². The van der Waals surface area contributed by atoms with E-state index >= 15 is 0 Å². The van der Waals surface area contributed by atoms with Crippen molar-refractivity contribution in [1.29, 1.82) is 0 Å². The van der Waals surface area contributed by atoms with E-state index in [0.29, 0.717) is 10.9 Å². The highest BCUT2D eigenvalue weighted by Crippen LogP contribution is 2.47. The second-order valence-electron chi connectivity index (χ2n) is 5.10. The van der Waals surface area contributed by atoms with Crippen molar-refractivity contribution in [2.75, 3.05) is 5.94 Å². The average Bonchev–Trinajstić information content (AvgIpc) is 2.02. The quantitative estimate of drug-likeness (QED) is 0.593. The Morgan fingerprint density at radius 2 is 2.08 bits per heavy atom. The monoisotopic (exact) mass is 200 g/mol. The molecule has 0 spiro atoms. The van der Waals surface area contributed by atoms with Gasteiger partial charge in [-0.25, -0.2) is 0 Å². The van der Waals surface area contributed by atoms with Crippen LogP contribution in [0.3, 0.4) is 0 Å². The SMILES string of the molecule is CC1CC[C@@H]2[C@@H](C1)OCSC2(C)C. The molecule has 1 unspecified atom stereocenters. The summed E-state index contributed by atoms with van der Waals surface area (Å²) in [7, 11) is 0. The van der Waals surface area contributed by atoms with E-state index in [-0.39, 0.29) is 0 Å². The summed E-state index contributed by atoms with van der Waals surface area (Å²) in [6.45, 7) is 7.12. The first-order valence-electron chi connectivity index (χ1n) is 5.35. The second kappa shape index (κ2) is 3.47. The zero-order valence-corrected chi connectivity index (χ0v) is 9.69. The molecular weight excluding hydrogens is 180 g/mol. The molecule has 2 fully saturated rings. The molecule has 0 aromatic rings. The van der Waals surface area contributed by atoms with Gasteiger partial charge in [-0.2, -0.15) is 0 Å². The third-order valence-electron chi connectivity index (χ3n) is 3.66. The van der Waals surface area contributed by atoms with Crippen LogP contribution in [0, 0.1) is 11.8 Å². The Labute approximate surface area is 85.6 Å². The molecule has 0 aromatic heterocycles. The summed E-state index contributed by atoms with van der Waals surface area (Å²) in [4.78, 5) is 0. The second-order valence-corrected chi connectivity index (χ2v) is 6.67. The molecule has 0 amide bonds. The summed E-state index contributed by atoms with van der Waals surface area (Å²) >= 11 is 1.99. The molecule has 2 aliphatic rings. The molecule has 0 N–H and O–H groups in total. The smallest absolute Gasteiger partial charge is 0.0930 e. The summed E-state index contributed by atoms with van der Waals surface area (Å²) in [6.07, 6.45) is 4.61. The first-order chi connectivity index (χ1) is 6.09. The van der Waals surface area contributed by atoms with Crippen molar-refractivity contribution < 1.29 is 4.74 Å². The minimum Gasteiger partial charge on any atom is -0.367 e. The van der Waals surface area contributed by atoms with Crippen LogP contribution < -0.4 is 0 Å². The molecule has 0 aromatic carbocycles. The van der Waals surface area contributed by atoms with E-state index < -0.39 is 0 Å².